The maximum atomic E-state index is 13.1. The van der Waals surface area contributed by atoms with Crippen LogP contribution in [0.4, 0.5) is 0 Å². The number of carbonyl (C=O) groups is 1. The Hall–Kier alpha value is -2.29. The highest BCUT2D eigenvalue weighted by molar-refractivity contribution is 5.88. The molecule has 1 amide bonds. The molecule has 24 heavy (non-hydrogen) atoms. The summed E-state index contributed by atoms with van der Waals surface area (Å²) in [4.78, 5) is 13.1. The summed E-state index contributed by atoms with van der Waals surface area (Å²) in [6.07, 6.45) is 4.08. The molecule has 1 N–H and O–H groups in total. The summed E-state index contributed by atoms with van der Waals surface area (Å²) >= 11 is 0. The summed E-state index contributed by atoms with van der Waals surface area (Å²) in [6, 6.07) is 18.1. The van der Waals surface area contributed by atoms with Gasteiger partial charge in [-0.3, -0.25) is 4.79 Å². The van der Waals surface area contributed by atoms with Gasteiger partial charge in [-0.25, -0.2) is 0 Å². The van der Waals surface area contributed by atoms with E-state index in [1.54, 1.807) is 7.11 Å². The molecule has 0 unspecified atom stereocenters. The van der Waals surface area contributed by atoms with Crippen LogP contribution in [0.3, 0.4) is 0 Å². The molecule has 1 aliphatic rings. The number of rotatable bonds is 5. The number of ether oxygens (including phenoxy) is 1. The molecule has 3 heteroatoms. The van der Waals surface area contributed by atoms with Crippen molar-refractivity contribution in [2.75, 3.05) is 7.11 Å². The van der Waals surface area contributed by atoms with Crippen LogP contribution in [-0.2, 0) is 10.2 Å². The molecule has 1 fully saturated rings. The maximum Gasteiger partial charge on any atom is 0.231 e. The Kier molecular flexibility index (Phi) is 4.89. The molecule has 1 saturated carbocycles. The Morgan fingerprint density at radius 2 is 1.67 bits per heavy atom. The van der Waals surface area contributed by atoms with E-state index in [0.29, 0.717) is 0 Å². The Morgan fingerprint density at radius 1 is 1.04 bits per heavy atom. The van der Waals surface area contributed by atoms with Crippen molar-refractivity contribution in [2.45, 2.75) is 44.1 Å². The summed E-state index contributed by atoms with van der Waals surface area (Å²) in [5.41, 5.74) is 1.86. The van der Waals surface area contributed by atoms with Crippen LogP contribution in [0.5, 0.6) is 5.75 Å². The third kappa shape index (κ3) is 3.16. The Balaban J connectivity index is 1.78. The molecule has 3 nitrogen and oxygen atoms in total. The Labute approximate surface area is 144 Å². The molecule has 2 aromatic rings. The monoisotopic (exact) mass is 323 g/mol. The zero-order chi connectivity index (χ0) is 17.0. The molecule has 0 spiro atoms. The van der Waals surface area contributed by atoms with Crippen LogP contribution in [0, 0.1) is 0 Å². The first-order chi connectivity index (χ1) is 11.7. The van der Waals surface area contributed by atoms with Gasteiger partial charge in [-0.15, -0.1) is 0 Å². The van der Waals surface area contributed by atoms with Crippen LogP contribution in [0.15, 0.2) is 54.6 Å². The number of carbonyl (C=O) groups excluding carboxylic acids is 1. The van der Waals surface area contributed by atoms with Crippen molar-refractivity contribution >= 4 is 5.91 Å². The third-order valence-corrected chi connectivity index (χ3v) is 5.18. The van der Waals surface area contributed by atoms with Crippen LogP contribution in [0.2, 0.25) is 0 Å². The van der Waals surface area contributed by atoms with E-state index < -0.39 is 0 Å². The van der Waals surface area contributed by atoms with Crippen molar-refractivity contribution < 1.29 is 9.53 Å². The van der Waals surface area contributed by atoms with Gasteiger partial charge in [-0.1, -0.05) is 55.3 Å². The molecule has 0 heterocycles. The second kappa shape index (κ2) is 7.08. The summed E-state index contributed by atoms with van der Waals surface area (Å²) in [6.45, 7) is 2.04. The summed E-state index contributed by atoms with van der Waals surface area (Å²) in [7, 11) is 1.66. The van der Waals surface area contributed by atoms with E-state index in [0.717, 1.165) is 42.6 Å². The quantitative estimate of drug-likeness (QED) is 0.886. The molecule has 1 aliphatic carbocycles. The van der Waals surface area contributed by atoms with Crippen molar-refractivity contribution in [1.29, 1.82) is 0 Å². The lowest BCUT2D eigenvalue weighted by Gasteiger charge is -2.30. The predicted molar refractivity (Wildman–Crippen MR) is 96.1 cm³/mol. The van der Waals surface area contributed by atoms with Gasteiger partial charge in [0.15, 0.2) is 0 Å². The molecular formula is C21H25NO2. The van der Waals surface area contributed by atoms with Crippen LogP contribution >= 0.6 is 0 Å². The van der Waals surface area contributed by atoms with Gasteiger partial charge in [-0.05, 0) is 43.0 Å². The van der Waals surface area contributed by atoms with Gasteiger partial charge in [-0.2, -0.15) is 0 Å². The lowest BCUT2D eigenvalue weighted by atomic mass is 9.77. The number of hydrogen-bond donors (Lipinski definition) is 1. The third-order valence-electron chi connectivity index (χ3n) is 5.18. The fourth-order valence-corrected chi connectivity index (χ4v) is 3.69. The molecular weight excluding hydrogens is 298 g/mol. The maximum absolute atomic E-state index is 13.1. The van der Waals surface area contributed by atoms with Gasteiger partial charge in [0.05, 0.1) is 18.6 Å². The SMILES string of the molecule is COc1ccc([C@H](C)NC(=O)C2(c3ccccc3)CCCC2)cc1. The van der Waals surface area contributed by atoms with E-state index in [4.69, 9.17) is 4.74 Å². The number of nitrogens with one attached hydrogen (secondary N) is 1. The number of benzene rings is 2. The minimum atomic E-state index is -0.373. The molecule has 0 saturated heterocycles. The standard InChI is InChI=1S/C21H25NO2/c1-16(17-10-12-19(24-2)13-11-17)22-20(23)21(14-6-7-15-21)18-8-4-3-5-9-18/h3-5,8-13,16H,6-7,14-15H2,1-2H3,(H,22,23)/t16-/m0/s1. The summed E-state index contributed by atoms with van der Waals surface area (Å²) in [5, 5.41) is 3.24. The van der Waals surface area contributed by atoms with Gasteiger partial charge in [0, 0.05) is 0 Å². The average Bonchev–Trinajstić information content (AvgIpc) is 3.13. The number of methoxy groups -OCH3 is 1. The fraction of sp³-hybridized carbons (Fsp3) is 0.381. The first-order valence-corrected chi connectivity index (χ1v) is 8.66. The Bertz CT molecular complexity index is 673. The molecule has 0 aromatic heterocycles. The van der Waals surface area contributed by atoms with Gasteiger partial charge in [0.1, 0.15) is 5.75 Å². The largest absolute Gasteiger partial charge is 0.497 e. The average molecular weight is 323 g/mol. The van der Waals surface area contributed by atoms with Crippen molar-refractivity contribution in [1.82, 2.24) is 5.32 Å². The molecule has 1 atom stereocenters. The van der Waals surface area contributed by atoms with E-state index in [2.05, 4.69) is 17.4 Å². The molecule has 0 aliphatic heterocycles. The van der Waals surface area contributed by atoms with Crippen molar-refractivity contribution in [3.05, 3.63) is 65.7 Å². The van der Waals surface area contributed by atoms with Gasteiger partial charge in [0.2, 0.25) is 5.91 Å². The van der Waals surface area contributed by atoms with E-state index in [-0.39, 0.29) is 17.4 Å². The highest BCUT2D eigenvalue weighted by Crippen LogP contribution is 2.41. The zero-order valence-electron chi connectivity index (χ0n) is 14.4. The lowest BCUT2D eigenvalue weighted by Crippen LogP contribution is -2.43. The zero-order valence-corrected chi connectivity index (χ0v) is 14.4. The molecule has 0 radical (unpaired) electrons. The van der Waals surface area contributed by atoms with E-state index in [1.807, 2.05) is 49.4 Å². The predicted octanol–water partition coefficient (Wildman–Crippen LogP) is 4.38. The van der Waals surface area contributed by atoms with Gasteiger partial charge >= 0.3 is 0 Å². The lowest BCUT2D eigenvalue weighted by molar-refractivity contribution is -0.127. The van der Waals surface area contributed by atoms with Crippen LogP contribution in [0.1, 0.15) is 49.8 Å². The van der Waals surface area contributed by atoms with Crippen molar-refractivity contribution in [2.24, 2.45) is 0 Å². The van der Waals surface area contributed by atoms with Crippen molar-refractivity contribution in [3.63, 3.8) is 0 Å². The fourth-order valence-electron chi connectivity index (χ4n) is 3.69. The van der Waals surface area contributed by atoms with Crippen LogP contribution in [0.25, 0.3) is 0 Å². The molecule has 0 bridgehead atoms. The second-order valence-electron chi connectivity index (χ2n) is 6.62. The van der Waals surface area contributed by atoms with E-state index in [9.17, 15) is 4.79 Å². The van der Waals surface area contributed by atoms with Gasteiger partial charge in [0.25, 0.3) is 0 Å². The second-order valence-corrected chi connectivity index (χ2v) is 6.62. The highest BCUT2D eigenvalue weighted by atomic mass is 16.5. The Morgan fingerprint density at radius 3 is 2.25 bits per heavy atom. The number of amides is 1. The number of hydrogen-bond acceptors (Lipinski definition) is 2. The normalized spacial score (nSPS) is 17.2. The van der Waals surface area contributed by atoms with E-state index in [1.165, 1.54) is 0 Å². The van der Waals surface area contributed by atoms with Crippen LogP contribution in [-0.4, -0.2) is 13.0 Å². The highest BCUT2D eigenvalue weighted by Gasteiger charge is 2.42. The topological polar surface area (TPSA) is 38.3 Å². The minimum absolute atomic E-state index is 0.0235. The molecule has 126 valence electrons. The summed E-state index contributed by atoms with van der Waals surface area (Å²) in [5.74, 6) is 0.975. The first-order valence-electron chi connectivity index (χ1n) is 8.66. The molecule has 2 aromatic carbocycles. The smallest absolute Gasteiger partial charge is 0.231 e. The summed E-state index contributed by atoms with van der Waals surface area (Å²) < 4.78 is 5.20. The first kappa shape index (κ1) is 16.6. The van der Waals surface area contributed by atoms with Crippen molar-refractivity contribution in [3.8, 4) is 5.75 Å². The van der Waals surface area contributed by atoms with Crippen LogP contribution < -0.4 is 10.1 Å². The molecule has 3 rings (SSSR count). The van der Waals surface area contributed by atoms with E-state index >= 15 is 0 Å². The van der Waals surface area contributed by atoms with Gasteiger partial charge < -0.3 is 10.1 Å². The minimum Gasteiger partial charge on any atom is -0.497 e.